The lowest BCUT2D eigenvalue weighted by molar-refractivity contribution is -0.386. The Labute approximate surface area is 191 Å². The number of hydrazone groups is 1. The first-order valence-electron chi connectivity index (χ1n) is 10.2. The van der Waals surface area contributed by atoms with Crippen LogP contribution in [0.25, 0.3) is 11.3 Å². The normalized spacial score (nSPS) is 11.0. The van der Waals surface area contributed by atoms with Crippen LogP contribution in [0.15, 0.2) is 40.8 Å². The van der Waals surface area contributed by atoms with Crippen LogP contribution in [-0.2, 0) is 0 Å². The Hall–Kier alpha value is -3.46. The molecule has 9 heteroatoms. The highest BCUT2D eigenvalue weighted by molar-refractivity contribution is 7.14. The third-order valence-electron chi connectivity index (χ3n) is 4.90. The van der Waals surface area contributed by atoms with Crippen molar-refractivity contribution in [3.05, 3.63) is 62.5 Å². The van der Waals surface area contributed by atoms with Gasteiger partial charge in [-0.05, 0) is 43.5 Å². The van der Waals surface area contributed by atoms with Crippen LogP contribution < -0.4 is 14.9 Å². The van der Waals surface area contributed by atoms with Crippen molar-refractivity contribution in [2.45, 2.75) is 33.6 Å². The maximum atomic E-state index is 11.6. The number of hydrogen-bond donors (Lipinski definition) is 1. The summed E-state index contributed by atoms with van der Waals surface area (Å²) in [4.78, 5) is 15.6. The molecule has 0 atom stereocenters. The summed E-state index contributed by atoms with van der Waals surface area (Å²) in [6, 6.07) is 9.29. The molecule has 0 aliphatic rings. The molecule has 2 aromatic carbocycles. The van der Waals surface area contributed by atoms with Crippen molar-refractivity contribution in [3.8, 4) is 22.8 Å². The Morgan fingerprint density at radius 3 is 2.75 bits per heavy atom. The van der Waals surface area contributed by atoms with E-state index in [0.29, 0.717) is 23.1 Å². The third kappa shape index (κ3) is 5.61. The number of methoxy groups -OCH3 is 1. The van der Waals surface area contributed by atoms with E-state index in [4.69, 9.17) is 9.47 Å². The summed E-state index contributed by atoms with van der Waals surface area (Å²) in [5, 5.41) is 18.3. The molecule has 0 aliphatic heterocycles. The van der Waals surface area contributed by atoms with Crippen LogP contribution >= 0.6 is 11.3 Å². The van der Waals surface area contributed by atoms with Gasteiger partial charge in [0.05, 0.1) is 30.5 Å². The lowest BCUT2D eigenvalue weighted by atomic mass is 10.1. The predicted octanol–water partition coefficient (Wildman–Crippen LogP) is 5.97. The number of rotatable bonds is 10. The van der Waals surface area contributed by atoms with Crippen LogP contribution in [-0.4, -0.2) is 29.8 Å². The lowest BCUT2D eigenvalue weighted by Crippen LogP contribution is -2.03. The first-order chi connectivity index (χ1) is 15.4. The van der Waals surface area contributed by atoms with Crippen molar-refractivity contribution < 1.29 is 14.4 Å². The smallest absolute Gasteiger partial charge is 0.315 e. The average Bonchev–Trinajstić information content (AvgIpc) is 3.25. The van der Waals surface area contributed by atoms with Crippen LogP contribution in [0.5, 0.6) is 11.5 Å². The van der Waals surface area contributed by atoms with E-state index in [0.717, 1.165) is 24.1 Å². The number of nitrogens with zero attached hydrogens (tertiary/aromatic N) is 3. The van der Waals surface area contributed by atoms with Gasteiger partial charge in [0.2, 0.25) is 10.9 Å². The largest absolute Gasteiger partial charge is 0.493 e. The molecule has 0 saturated heterocycles. The first kappa shape index (κ1) is 23.2. The highest BCUT2D eigenvalue weighted by Gasteiger charge is 2.22. The van der Waals surface area contributed by atoms with Gasteiger partial charge in [0.15, 0.2) is 5.75 Å². The number of aryl methyl sites for hydroxylation is 2. The van der Waals surface area contributed by atoms with E-state index in [-0.39, 0.29) is 11.4 Å². The summed E-state index contributed by atoms with van der Waals surface area (Å²) >= 11 is 1.43. The average molecular weight is 455 g/mol. The summed E-state index contributed by atoms with van der Waals surface area (Å²) in [5.74, 6) is 0.428. The molecule has 3 rings (SSSR count). The summed E-state index contributed by atoms with van der Waals surface area (Å²) in [5.41, 5.74) is 7.59. The number of aromatic nitrogens is 1. The van der Waals surface area contributed by atoms with Gasteiger partial charge in [0.25, 0.3) is 0 Å². The molecule has 0 radical (unpaired) electrons. The molecule has 8 nitrogen and oxygen atoms in total. The number of nitro benzene ring substituents is 1. The Kier molecular flexibility index (Phi) is 7.77. The Morgan fingerprint density at radius 1 is 1.25 bits per heavy atom. The maximum absolute atomic E-state index is 11.6. The number of thiazole rings is 1. The van der Waals surface area contributed by atoms with Crippen molar-refractivity contribution in [3.63, 3.8) is 0 Å². The molecule has 0 bridgehead atoms. The summed E-state index contributed by atoms with van der Waals surface area (Å²) < 4.78 is 10.9. The second-order valence-electron chi connectivity index (χ2n) is 7.24. The molecule has 1 aromatic heterocycles. The highest BCUT2D eigenvalue weighted by Crippen LogP contribution is 2.38. The predicted molar refractivity (Wildman–Crippen MR) is 128 cm³/mol. The van der Waals surface area contributed by atoms with Gasteiger partial charge in [0.1, 0.15) is 0 Å². The molecule has 0 aliphatic carbocycles. The van der Waals surface area contributed by atoms with Crippen LogP contribution in [0, 0.1) is 24.0 Å². The minimum absolute atomic E-state index is 0.133. The van der Waals surface area contributed by atoms with Gasteiger partial charge in [-0.2, -0.15) is 5.10 Å². The van der Waals surface area contributed by atoms with E-state index in [9.17, 15) is 10.1 Å². The number of nitro groups is 1. The van der Waals surface area contributed by atoms with Crippen LogP contribution in [0.2, 0.25) is 0 Å². The van der Waals surface area contributed by atoms with E-state index in [2.05, 4.69) is 41.5 Å². The highest BCUT2D eigenvalue weighted by atomic mass is 32.1. The first-order valence-corrected chi connectivity index (χ1v) is 11.1. The molecule has 32 heavy (non-hydrogen) atoms. The van der Waals surface area contributed by atoms with Gasteiger partial charge in [-0.15, -0.1) is 11.3 Å². The number of unbranched alkanes of at least 4 members (excludes halogenated alkanes) is 1. The minimum atomic E-state index is -0.481. The van der Waals surface area contributed by atoms with Gasteiger partial charge < -0.3 is 9.47 Å². The molecule has 3 aromatic rings. The van der Waals surface area contributed by atoms with Gasteiger partial charge in [-0.1, -0.05) is 25.5 Å². The van der Waals surface area contributed by atoms with E-state index in [1.807, 2.05) is 18.4 Å². The summed E-state index contributed by atoms with van der Waals surface area (Å²) in [6.45, 7) is 6.55. The second-order valence-corrected chi connectivity index (χ2v) is 8.10. The molecular weight excluding hydrogens is 428 g/mol. The van der Waals surface area contributed by atoms with Crippen molar-refractivity contribution in [1.29, 1.82) is 0 Å². The lowest BCUT2D eigenvalue weighted by Gasteiger charge is -2.11. The van der Waals surface area contributed by atoms with E-state index < -0.39 is 4.92 Å². The zero-order chi connectivity index (χ0) is 23.1. The standard InChI is InChI=1S/C23H26N4O4S/c1-5-6-9-31-22-20(27(28)29)11-17(12-21(22)30-4)13-24-26-23-25-19(14-32-23)18-8-7-15(2)16(3)10-18/h7-8,10-14H,5-6,9H2,1-4H3,(H,25,26)/b24-13-. The molecule has 1 N–H and O–H groups in total. The molecule has 0 saturated carbocycles. The summed E-state index contributed by atoms with van der Waals surface area (Å²) in [7, 11) is 1.45. The fourth-order valence-electron chi connectivity index (χ4n) is 2.95. The third-order valence-corrected chi connectivity index (χ3v) is 5.65. The van der Waals surface area contributed by atoms with Gasteiger partial charge in [-0.25, -0.2) is 4.98 Å². The van der Waals surface area contributed by atoms with Crippen LogP contribution in [0.3, 0.4) is 0 Å². The molecule has 0 fully saturated rings. The molecular formula is C23H26N4O4S. The number of ether oxygens (including phenoxy) is 2. The van der Waals surface area contributed by atoms with E-state index >= 15 is 0 Å². The fourth-order valence-corrected chi connectivity index (χ4v) is 3.62. The number of anilines is 1. The minimum Gasteiger partial charge on any atom is -0.493 e. The molecule has 0 unspecified atom stereocenters. The van der Waals surface area contributed by atoms with E-state index in [1.54, 1.807) is 6.07 Å². The molecule has 0 spiro atoms. The molecule has 1 heterocycles. The number of hydrogen-bond acceptors (Lipinski definition) is 8. The zero-order valence-corrected chi connectivity index (χ0v) is 19.4. The maximum Gasteiger partial charge on any atom is 0.315 e. The van der Waals surface area contributed by atoms with Gasteiger partial charge in [-0.3, -0.25) is 15.5 Å². The fraction of sp³-hybridized carbons (Fsp3) is 0.304. The van der Waals surface area contributed by atoms with Crippen molar-refractivity contribution >= 4 is 28.4 Å². The van der Waals surface area contributed by atoms with Gasteiger partial charge in [0, 0.05) is 22.6 Å². The quantitative estimate of drug-likeness (QED) is 0.175. The zero-order valence-electron chi connectivity index (χ0n) is 18.5. The Bertz CT molecular complexity index is 1130. The van der Waals surface area contributed by atoms with Crippen LogP contribution in [0.1, 0.15) is 36.5 Å². The Morgan fingerprint density at radius 2 is 2.06 bits per heavy atom. The second kappa shape index (κ2) is 10.7. The van der Waals surface area contributed by atoms with Crippen molar-refractivity contribution in [1.82, 2.24) is 4.98 Å². The SMILES string of the molecule is CCCCOc1c(OC)cc(/C=N\Nc2nc(-c3ccc(C)c(C)c3)cs2)cc1[N+](=O)[O-]. The van der Waals surface area contributed by atoms with Crippen LogP contribution in [0.4, 0.5) is 10.8 Å². The number of benzene rings is 2. The molecule has 168 valence electrons. The van der Waals surface area contributed by atoms with Gasteiger partial charge >= 0.3 is 5.69 Å². The van der Waals surface area contributed by atoms with Crippen molar-refractivity contribution in [2.75, 3.05) is 19.1 Å². The molecule has 0 amide bonds. The summed E-state index contributed by atoms with van der Waals surface area (Å²) in [6.07, 6.45) is 3.21. The number of nitrogens with one attached hydrogen (secondary N) is 1. The Balaban J connectivity index is 1.76. The monoisotopic (exact) mass is 454 g/mol. The van der Waals surface area contributed by atoms with Crippen molar-refractivity contribution in [2.24, 2.45) is 5.10 Å². The topological polar surface area (TPSA) is 98.9 Å². The van der Waals surface area contributed by atoms with E-state index in [1.165, 1.54) is 41.9 Å².